The Morgan fingerprint density at radius 1 is 0.519 bits per heavy atom. The summed E-state index contributed by atoms with van der Waals surface area (Å²) < 4.78 is 7.79. The van der Waals surface area contributed by atoms with E-state index >= 15 is 0 Å². The van der Waals surface area contributed by atoms with Gasteiger partial charge in [0.1, 0.15) is 0 Å². The van der Waals surface area contributed by atoms with Gasteiger partial charge < -0.3 is 9.14 Å². The Labute approximate surface area is 306 Å². The summed E-state index contributed by atoms with van der Waals surface area (Å²) in [4.78, 5) is 0. The number of methoxy groups -OCH3 is 1. The fourth-order valence-corrected chi connectivity index (χ4v) is 8.65. The number of aromatic nitrogens is 1. The summed E-state index contributed by atoms with van der Waals surface area (Å²) >= 11 is 0. The Bertz CT molecular complexity index is 2740. The monoisotopic (exact) mass is 675 g/mol. The highest BCUT2D eigenvalue weighted by atomic mass is 16.5. The topological polar surface area (TPSA) is 13.6 Å². The van der Waals surface area contributed by atoms with Crippen molar-refractivity contribution < 1.29 is 4.74 Å². The number of hydrogen-bond acceptors (Lipinski definition) is 1. The Balaban J connectivity index is 0.000000358. The Morgan fingerprint density at radius 2 is 1.13 bits per heavy atom. The minimum Gasteiger partial charge on any atom is -0.378 e. The molecule has 0 atom stereocenters. The molecule has 0 N–H and O–H groups in total. The van der Waals surface area contributed by atoms with Crippen molar-refractivity contribution in [1.82, 2.24) is 4.40 Å². The first-order chi connectivity index (χ1) is 25.1. The molecule has 7 aromatic carbocycles. The third-order valence-corrected chi connectivity index (χ3v) is 12.3. The van der Waals surface area contributed by atoms with E-state index in [0.29, 0.717) is 0 Å². The lowest BCUT2D eigenvalue weighted by Gasteiger charge is -2.37. The normalized spacial score (nSPS) is 13.9. The van der Waals surface area contributed by atoms with Gasteiger partial charge in [0.25, 0.3) is 0 Å². The number of aryl methyl sites for hydroxylation is 1. The van der Waals surface area contributed by atoms with E-state index in [9.17, 15) is 0 Å². The summed E-state index contributed by atoms with van der Waals surface area (Å²) in [6.45, 7) is 13.0. The van der Waals surface area contributed by atoms with Crippen molar-refractivity contribution in [3.63, 3.8) is 0 Å². The summed E-state index contributed by atoms with van der Waals surface area (Å²) in [6, 6.07) is 54.6. The summed E-state index contributed by atoms with van der Waals surface area (Å²) in [6.07, 6.45) is 0. The predicted molar refractivity (Wildman–Crippen MR) is 221 cm³/mol. The summed E-state index contributed by atoms with van der Waals surface area (Å²) in [5.41, 5.74) is 12.9. The van der Waals surface area contributed by atoms with Gasteiger partial charge in [-0.25, -0.2) is 0 Å². The van der Waals surface area contributed by atoms with Gasteiger partial charge in [0.2, 0.25) is 0 Å². The SMILES string of the molecule is COC(C)(C)C(C)(C)C.Cc1ccc2c(c1)C(c1ccccc1)(c1ccccc1)c1cc3c(ccc4c3c3cccc5c6ccccc6n4c53)cc1-2. The molecule has 2 aromatic heterocycles. The number of para-hydroxylation sites is 2. The lowest BCUT2D eigenvalue weighted by atomic mass is 9.67. The van der Waals surface area contributed by atoms with Crippen LogP contribution in [0.25, 0.3) is 60.0 Å². The van der Waals surface area contributed by atoms with Gasteiger partial charge in [0.15, 0.2) is 0 Å². The van der Waals surface area contributed by atoms with Gasteiger partial charge >= 0.3 is 0 Å². The highest BCUT2D eigenvalue weighted by molar-refractivity contribution is 6.29. The van der Waals surface area contributed by atoms with Crippen LogP contribution in [0.5, 0.6) is 0 Å². The maximum atomic E-state index is 5.30. The van der Waals surface area contributed by atoms with Crippen molar-refractivity contribution in [2.75, 3.05) is 7.11 Å². The largest absolute Gasteiger partial charge is 0.378 e. The Hall–Kier alpha value is -5.44. The molecule has 0 spiro atoms. The average molecular weight is 676 g/mol. The molecule has 256 valence electrons. The molecular weight excluding hydrogens is 631 g/mol. The van der Waals surface area contributed by atoms with Crippen LogP contribution in [0.15, 0.2) is 146 Å². The van der Waals surface area contributed by atoms with Gasteiger partial charge in [0.05, 0.1) is 27.6 Å². The third-order valence-electron chi connectivity index (χ3n) is 12.3. The maximum absolute atomic E-state index is 5.30. The van der Waals surface area contributed by atoms with E-state index in [1.165, 1.54) is 87.8 Å². The van der Waals surface area contributed by atoms with Gasteiger partial charge in [-0.2, -0.15) is 0 Å². The van der Waals surface area contributed by atoms with Crippen LogP contribution in [-0.4, -0.2) is 17.1 Å². The zero-order valence-corrected chi connectivity index (χ0v) is 31.2. The molecule has 10 rings (SSSR count). The Morgan fingerprint density at radius 3 is 1.79 bits per heavy atom. The molecule has 0 fully saturated rings. The zero-order valence-electron chi connectivity index (χ0n) is 31.2. The van der Waals surface area contributed by atoms with E-state index in [2.05, 4.69) is 192 Å². The maximum Gasteiger partial charge on any atom is 0.0713 e. The minimum absolute atomic E-state index is 0.0208. The van der Waals surface area contributed by atoms with Crippen LogP contribution in [0.1, 0.15) is 62.4 Å². The van der Waals surface area contributed by atoms with Crippen LogP contribution in [0.4, 0.5) is 0 Å². The van der Waals surface area contributed by atoms with Crippen molar-refractivity contribution in [2.45, 2.75) is 52.6 Å². The van der Waals surface area contributed by atoms with Crippen molar-refractivity contribution >= 4 is 48.9 Å². The van der Waals surface area contributed by atoms with Gasteiger partial charge in [-0.1, -0.05) is 148 Å². The molecular formula is C50H45NO. The molecule has 2 heteroatoms. The van der Waals surface area contributed by atoms with Crippen LogP contribution < -0.4 is 0 Å². The van der Waals surface area contributed by atoms with Gasteiger partial charge in [-0.05, 0) is 94.6 Å². The molecule has 0 saturated carbocycles. The molecule has 2 heterocycles. The second-order valence-electron chi connectivity index (χ2n) is 16.1. The van der Waals surface area contributed by atoms with Crippen molar-refractivity contribution in [3.05, 3.63) is 173 Å². The number of ether oxygens (including phenoxy) is 1. The van der Waals surface area contributed by atoms with Crippen LogP contribution >= 0.6 is 0 Å². The molecule has 52 heavy (non-hydrogen) atoms. The highest BCUT2D eigenvalue weighted by Crippen LogP contribution is 2.57. The number of benzene rings is 7. The number of fused-ring (bicyclic) bond motifs is 11. The summed E-state index contributed by atoms with van der Waals surface area (Å²) in [7, 11) is 1.76. The molecule has 0 bridgehead atoms. The summed E-state index contributed by atoms with van der Waals surface area (Å²) in [5, 5.41) is 7.91. The van der Waals surface area contributed by atoms with E-state index in [0.717, 1.165) is 0 Å². The molecule has 2 nitrogen and oxygen atoms in total. The van der Waals surface area contributed by atoms with Crippen LogP contribution in [-0.2, 0) is 10.2 Å². The van der Waals surface area contributed by atoms with Crippen molar-refractivity contribution in [3.8, 4) is 11.1 Å². The van der Waals surface area contributed by atoms with E-state index in [-0.39, 0.29) is 11.0 Å². The lowest BCUT2D eigenvalue weighted by molar-refractivity contribution is -0.0620. The molecule has 1 aliphatic carbocycles. The molecule has 0 saturated heterocycles. The number of hydrogen-bond donors (Lipinski definition) is 0. The smallest absolute Gasteiger partial charge is 0.0713 e. The van der Waals surface area contributed by atoms with Gasteiger partial charge in [0, 0.05) is 28.7 Å². The molecule has 1 aliphatic rings. The quantitative estimate of drug-likeness (QED) is 0.182. The molecule has 0 amide bonds. The van der Waals surface area contributed by atoms with E-state index < -0.39 is 5.41 Å². The molecule has 0 radical (unpaired) electrons. The van der Waals surface area contributed by atoms with Crippen LogP contribution in [0.2, 0.25) is 0 Å². The standard InChI is InChI=1S/C42H27N.C8H18O/c1-26-19-21-30-35-24-27-20-22-39-40(33-17-10-16-32-31-15-8-9-18-38(31)43(39)41(32)33)34(27)25-37(35)42(36(30)23-26,28-11-4-2-5-12-28)29-13-6-3-7-14-29;1-7(2,3)8(4,5)9-6/h2-25H,1H3;1-6H3. The molecule has 9 aromatic rings. The first-order valence-corrected chi connectivity index (χ1v) is 18.5. The fraction of sp³-hybridized carbons (Fsp3) is 0.200. The zero-order chi connectivity index (χ0) is 36.0. The second kappa shape index (κ2) is 11.5. The van der Waals surface area contributed by atoms with E-state index in [1.54, 1.807) is 7.11 Å². The first kappa shape index (κ1) is 32.5. The Kier molecular flexibility index (Phi) is 7.20. The fourth-order valence-electron chi connectivity index (χ4n) is 8.65. The van der Waals surface area contributed by atoms with Crippen LogP contribution in [0, 0.1) is 12.3 Å². The minimum atomic E-state index is -0.414. The predicted octanol–water partition coefficient (Wildman–Crippen LogP) is 13.1. The highest BCUT2D eigenvalue weighted by Gasteiger charge is 2.46. The molecule has 0 aliphatic heterocycles. The summed E-state index contributed by atoms with van der Waals surface area (Å²) in [5.74, 6) is 0. The van der Waals surface area contributed by atoms with Gasteiger partial charge in [-0.15, -0.1) is 0 Å². The average Bonchev–Trinajstić information content (AvgIpc) is 3.78. The third kappa shape index (κ3) is 4.47. The number of rotatable bonds is 3. The van der Waals surface area contributed by atoms with Crippen molar-refractivity contribution in [2.24, 2.45) is 5.41 Å². The van der Waals surface area contributed by atoms with Gasteiger partial charge in [-0.3, -0.25) is 0 Å². The second-order valence-corrected chi connectivity index (χ2v) is 16.1. The molecule has 0 unspecified atom stereocenters. The number of nitrogens with zero attached hydrogens (tertiary/aromatic N) is 1. The lowest BCUT2D eigenvalue weighted by Crippen LogP contribution is -2.38. The van der Waals surface area contributed by atoms with E-state index in [4.69, 9.17) is 4.74 Å². The van der Waals surface area contributed by atoms with Crippen molar-refractivity contribution in [1.29, 1.82) is 0 Å². The first-order valence-electron chi connectivity index (χ1n) is 18.5. The van der Waals surface area contributed by atoms with Crippen LogP contribution in [0.3, 0.4) is 0 Å². The van der Waals surface area contributed by atoms with E-state index in [1.807, 2.05) is 0 Å².